The zero-order valence-electron chi connectivity index (χ0n) is 9.94. The van der Waals surface area contributed by atoms with Crippen LogP contribution < -0.4 is 0 Å². The van der Waals surface area contributed by atoms with Gasteiger partial charge in [-0.1, -0.05) is 6.07 Å². The lowest BCUT2D eigenvalue weighted by Crippen LogP contribution is -2.34. The molecule has 2 N–H and O–H groups in total. The van der Waals surface area contributed by atoms with E-state index >= 15 is 0 Å². The van der Waals surface area contributed by atoms with Crippen LogP contribution in [0.1, 0.15) is 30.9 Å². The van der Waals surface area contributed by atoms with Crippen molar-refractivity contribution < 1.29 is 15.0 Å². The fourth-order valence-corrected chi connectivity index (χ4v) is 2.91. The van der Waals surface area contributed by atoms with Crippen molar-refractivity contribution in [1.82, 2.24) is 9.88 Å². The van der Waals surface area contributed by atoms with Gasteiger partial charge < -0.3 is 10.2 Å². The molecule has 1 saturated carbocycles. The summed E-state index contributed by atoms with van der Waals surface area (Å²) < 4.78 is 0. The van der Waals surface area contributed by atoms with Crippen molar-refractivity contribution in [3.05, 3.63) is 30.1 Å². The van der Waals surface area contributed by atoms with Crippen LogP contribution >= 0.6 is 0 Å². The van der Waals surface area contributed by atoms with Crippen LogP contribution in [0.25, 0.3) is 0 Å². The fourth-order valence-electron chi connectivity index (χ4n) is 2.91. The molecular weight excluding hydrogens is 232 g/mol. The molecule has 1 aromatic heterocycles. The summed E-state index contributed by atoms with van der Waals surface area (Å²) in [6.45, 7) is 0. The second kappa shape index (κ2) is 4.33. The Kier molecular flexibility index (Phi) is 2.80. The molecule has 0 spiro atoms. The van der Waals surface area contributed by atoms with Gasteiger partial charge in [-0.3, -0.25) is 14.7 Å². The van der Waals surface area contributed by atoms with Crippen molar-refractivity contribution in [2.75, 3.05) is 0 Å². The molecule has 1 aliphatic carbocycles. The number of carboxylic acids is 1. The van der Waals surface area contributed by atoms with E-state index in [0.29, 0.717) is 12.5 Å². The van der Waals surface area contributed by atoms with Gasteiger partial charge in [0.2, 0.25) is 0 Å². The van der Waals surface area contributed by atoms with Crippen LogP contribution in [0.4, 0.5) is 0 Å². The molecule has 5 heteroatoms. The lowest BCUT2D eigenvalue weighted by molar-refractivity contribution is -0.142. The van der Waals surface area contributed by atoms with Gasteiger partial charge in [0, 0.05) is 24.9 Å². The Morgan fingerprint density at radius 3 is 2.78 bits per heavy atom. The summed E-state index contributed by atoms with van der Waals surface area (Å²) in [5.74, 6) is -1.39. The van der Waals surface area contributed by atoms with E-state index in [9.17, 15) is 15.0 Å². The van der Waals surface area contributed by atoms with E-state index in [2.05, 4.69) is 4.98 Å². The highest BCUT2D eigenvalue weighted by molar-refractivity contribution is 5.72. The number of nitrogens with zero attached hydrogens (tertiary/aromatic N) is 2. The Bertz CT molecular complexity index is 447. The van der Waals surface area contributed by atoms with E-state index in [4.69, 9.17) is 0 Å². The molecule has 1 unspecified atom stereocenters. The summed E-state index contributed by atoms with van der Waals surface area (Å²) in [4.78, 5) is 17.4. The Morgan fingerprint density at radius 1 is 1.44 bits per heavy atom. The highest BCUT2D eigenvalue weighted by Gasteiger charge is 2.50. The average Bonchev–Trinajstić information content (AvgIpc) is 3.13. The quantitative estimate of drug-likeness (QED) is 0.835. The van der Waals surface area contributed by atoms with Gasteiger partial charge in [-0.25, -0.2) is 0 Å². The van der Waals surface area contributed by atoms with E-state index < -0.39 is 18.1 Å². The van der Waals surface area contributed by atoms with E-state index in [0.717, 1.165) is 18.4 Å². The summed E-state index contributed by atoms with van der Waals surface area (Å²) in [5.41, 5.74) is 0.883. The van der Waals surface area contributed by atoms with E-state index in [1.807, 2.05) is 17.0 Å². The standard InChI is InChI=1S/C13H16N2O3/c16-11-6-10(13(17)18)12(15(11)9-3-4-9)8-2-1-5-14-7-8/h1-2,5,7,9-12,16H,3-4,6H2,(H,17,18)/t10-,11?,12+/m0/s1. The van der Waals surface area contributed by atoms with Crippen LogP contribution in [0.5, 0.6) is 0 Å². The molecule has 0 radical (unpaired) electrons. The van der Waals surface area contributed by atoms with Crippen LogP contribution in [-0.2, 0) is 4.79 Å². The van der Waals surface area contributed by atoms with E-state index in [1.165, 1.54) is 0 Å². The van der Waals surface area contributed by atoms with Crippen molar-refractivity contribution in [3.63, 3.8) is 0 Å². The minimum atomic E-state index is -0.842. The van der Waals surface area contributed by atoms with Crippen LogP contribution in [0.15, 0.2) is 24.5 Å². The van der Waals surface area contributed by atoms with Gasteiger partial charge in [-0.15, -0.1) is 0 Å². The minimum absolute atomic E-state index is 0.251. The predicted octanol–water partition coefficient (Wildman–Crippen LogP) is 1.01. The molecule has 5 nitrogen and oxygen atoms in total. The second-order valence-electron chi connectivity index (χ2n) is 5.07. The molecule has 96 valence electrons. The van der Waals surface area contributed by atoms with Gasteiger partial charge >= 0.3 is 5.97 Å². The van der Waals surface area contributed by atoms with Gasteiger partial charge in [0.05, 0.1) is 12.0 Å². The number of aliphatic carboxylic acids is 1. The molecular formula is C13H16N2O3. The fraction of sp³-hybridized carbons (Fsp3) is 0.538. The number of carbonyl (C=O) groups is 1. The van der Waals surface area contributed by atoms with Crippen LogP contribution in [0.3, 0.4) is 0 Å². The molecule has 0 aromatic carbocycles. The Hall–Kier alpha value is -1.46. The molecule has 1 aliphatic heterocycles. The Morgan fingerprint density at radius 2 is 2.22 bits per heavy atom. The van der Waals surface area contributed by atoms with Gasteiger partial charge in [-0.05, 0) is 24.5 Å². The van der Waals surface area contributed by atoms with Crippen LogP contribution in [-0.4, -0.2) is 38.3 Å². The monoisotopic (exact) mass is 248 g/mol. The van der Waals surface area contributed by atoms with Crippen molar-refractivity contribution in [2.45, 2.75) is 37.6 Å². The first-order chi connectivity index (χ1) is 8.68. The summed E-state index contributed by atoms with van der Waals surface area (Å²) in [7, 11) is 0. The number of rotatable bonds is 3. The van der Waals surface area contributed by atoms with Gasteiger partial charge in [-0.2, -0.15) is 0 Å². The highest BCUT2D eigenvalue weighted by atomic mass is 16.4. The molecule has 0 bridgehead atoms. The van der Waals surface area contributed by atoms with E-state index in [1.54, 1.807) is 12.4 Å². The lowest BCUT2D eigenvalue weighted by Gasteiger charge is -2.28. The number of hydrogen-bond donors (Lipinski definition) is 2. The first kappa shape index (κ1) is 11.6. The predicted molar refractivity (Wildman–Crippen MR) is 63.6 cm³/mol. The smallest absolute Gasteiger partial charge is 0.308 e. The normalized spacial score (nSPS) is 32.6. The van der Waals surface area contributed by atoms with Gasteiger partial charge in [0.15, 0.2) is 0 Å². The number of hydrogen-bond acceptors (Lipinski definition) is 4. The Labute approximate surface area is 105 Å². The number of pyridine rings is 1. The topological polar surface area (TPSA) is 73.7 Å². The molecule has 3 atom stereocenters. The van der Waals surface area contributed by atoms with E-state index in [-0.39, 0.29) is 6.04 Å². The first-order valence-corrected chi connectivity index (χ1v) is 6.26. The maximum Gasteiger partial charge on any atom is 0.308 e. The highest BCUT2D eigenvalue weighted by Crippen LogP contribution is 2.46. The lowest BCUT2D eigenvalue weighted by atomic mass is 9.95. The van der Waals surface area contributed by atoms with Crippen molar-refractivity contribution in [2.24, 2.45) is 5.92 Å². The summed E-state index contributed by atoms with van der Waals surface area (Å²) in [6.07, 6.45) is 5.11. The molecule has 2 heterocycles. The maximum absolute atomic E-state index is 11.4. The third-order valence-electron chi connectivity index (χ3n) is 3.82. The summed E-state index contributed by atoms with van der Waals surface area (Å²) in [6, 6.07) is 3.78. The third-order valence-corrected chi connectivity index (χ3v) is 3.82. The minimum Gasteiger partial charge on any atom is -0.481 e. The van der Waals surface area contributed by atoms with Crippen LogP contribution in [0, 0.1) is 5.92 Å². The average molecular weight is 248 g/mol. The SMILES string of the molecule is O=C(O)[C@H]1CC(O)N(C2CC2)[C@@H]1c1cccnc1. The molecule has 2 fully saturated rings. The van der Waals surface area contributed by atoms with Crippen molar-refractivity contribution >= 4 is 5.97 Å². The van der Waals surface area contributed by atoms with Crippen molar-refractivity contribution in [3.8, 4) is 0 Å². The summed E-state index contributed by atoms with van der Waals surface area (Å²) in [5, 5.41) is 19.4. The van der Waals surface area contributed by atoms with Crippen LogP contribution in [0.2, 0.25) is 0 Å². The molecule has 18 heavy (non-hydrogen) atoms. The zero-order chi connectivity index (χ0) is 12.7. The molecule has 3 rings (SSSR count). The number of carboxylic acid groups (broad SMARTS) is 1. The molecule has 0 amide bonds. The second-order valence-corrected chi connectivity index (χ2v) is 5.07. The molecule has 1 aromatic rings. The largest absolute Gasteiger partial charge is 0.481 e. The van der Waals surface area contributed by atoms with Crippen molar-refractivity contribution in [1.29, 1.82) is 0 Å². The third kappa shape index (κ3) is 1.89. The molecule has 1 saturated heterocycles. The number of likely N-dealkylation sites (tertiary alicyclic amines) is 1. The van der Waals surface area contributed by atoms with Gasteiger partial charge in [0.25, 0.3) is 0 Å². The van der Waals surface area contributed by atoms with Gasteiger partial charge in [0.1, 0.15) is 6.23 Å². The Balaban J connectivity index is 1.96. The number of aromatic nitrogens is 1. The summed E-state index contributed by atoms with van der Waals surface area (Å²) >= 11 is 0. The molecule has 2 aliphatic rings. The number of aliphatic hydroxyl groups is 1. The zero-order valence-corrected chi connectivity index (χ0v) is 9.94. The maximum atomic E-state index is 11.4. The first-order valence-electron chi connectivity index (χ1n) is 6.26. The number of aliphatic hydroxyl groups excluding tert-OH is 1.